The van der Waals surface area contributed by atoms with Gasteiger partial charge >= 0.3 is 36.2 Å². The maximum Gasteiger partial charge on any atom is 0.410 e. The van der Waals surface area contributed by atoms with E-state index in [0.717, 1.165) is 68.2 Å². The Kier molecular flexibility index (Phi) is 28.7. The first-order valence-electron chi connectivity index (χ1n) is 26.0. The van der Waals surface area contributed by atoms with Crippen LogP contribution in [-0.4, -0.2) is 172 Å². The number of hydrogen-bond donors (Lipinski definition) is 2. The summed E-state index contributed by atoms with van der Waals surface area (Å²) in [5.74, 6) is -1.13. The van der Waals surface area contributed by atoms with Crippen molar-refractivity contribution < 1.29 is 76.5 Å². The lowest BCUT2D eigenvalue weighted by Gasteiger charge is -2.24. The first kappa shape index (κ1) is 62.2. The Labute approximate surface area is 447 Å². The van der Waals surface area contributed by atoms with Crippen LogP contribution in [0, 0.1) is 0 Å². The number of carbonyl (C=O) groups excluding carboxylic acids is 6. The summed E-state index contributed by atoms with van der Waals surface area (Å²) in [6, 6.07) is 28.9. The SMILES string of the molecule is CC(C)(C)OC(=O)COC[C@@H]1CCCN1C(=O)OCc1ccccc1.COC(=O)COC[C@@H]1CCCN1.COC(=O)COC[C@@H]1CCCN1C(=O)OCc1ccccc1.O=C(OCc1ccccc1)N1CCC[C@H]1CO. The molecule has 2 N–H and O–H groups in total. The van der Waals surface area contributed by atoms with Crippen LogP contribution in [0.3, 0.4) is 0 Å². The van der Waals surface area contributed by atoms with Crippen molar-refractivity contribution in [2.24, 2.45) is 0 Å². The van der Waals surface area contributed by atoms with E-state index >= 15 is 0 Å². The number of amides is 3. The summed E-state index contributed by atoms with van der Waals surface area (Å²) in [5, 5.41) is 12.4. The van der Waals surface area contributed by atoms with Gasteiger partial charge < -0.3 is 67.8 Å². The van der Waals surface area contributed by atoms with E-state index < -0.39 is 17.5 Å². The Balaban J connectivity index is 0.000000226. The lowest BCUT2D eigenvalue weighted by Crippen LogP contribution is -2.39. The number of rotatable bonds is 19. The standard InChI is InChI=1S/C19H27NO5.C16H21NO5.C13H17NO3.C8H15NO3/c1-19(2,3)25-17(21)14-23-13-16-10-7-11-20(16)18(22)24-12-15-8-5-4-6-9-15;1-20-15(18)12-21-11-14-8-5-9-17(14)16(19)22-10-13-6-3-2-4-7-13;15-9-12-7-4-8-14(12)13(16)17-10-11-5-2-1-3-6-11;1-11-8(10)6-12-5-7-3-2-4-9-7/h4-6,8-9,16H,7,10-14H2,1-3H3;2-4,6-7,14H,5,8-12H2,1H3;1-3,5-6,12,15H,4,7-10H2;7,9H,2-6H2,1H3/t16-;14-;12-;7-/m0000/s1. The number of carbonyl (C=O) groups is 6. The predicted octanol–water partition coefficient (Wildman–Crippen LogP) is 6.83. The number of nitrogens with one attached hydrogen (secondary N) is 1. The maximum atomic E-state index is 12.3. The van der Waals surface area contributed by atoms with Gasteiger partial charge in [0.05, 0.1) is 58.8 Å². The van der Waals surface area contributed by atoms with Gasteiger partial charge in [0.1, 0.15) is 45.2 Å². The van der Waals surface area contributed by atoms with Crippen molar-refractivity contribution in [1.82, 2.24) is 20.0 Å². The van der Waals surface area contributed by atoms with Crippen LogP contribution in [0.15, 0.2) is 91.0 Å². The van der Waals surface area contributed by atoms with Gasteiger partial charge in [-0.3, -0.25) is 0 Å². The lowest BCUT2D eigenvalue weighted by atomic mass is 10.2. The summed E-state index contributed by atoms with van der Waals surface area (Å²) in [6.07, 6.45) is 6.63. The third-order valence-electron chi connectivity index (χ3n) is 12.3. The van der Waals surface area contributed by atoms with Gasteiger partial charge in [0.2, 0.25) is 0 Å². The molecule has 0 unspecified atom stereocenters. The highest BCUT2D eigenvalue weighted by molar-refractivity contribution is 5.72. The molecule has 76 heavy (non-hydrogen) atoms. The average molecular weight is 1070 g/mol. The highest BCUT2D eigenvalue weighted by Gasteiger charge is 2.32. The Morgan fingerprint density at radius 2 is 0.882 bits per heavy atom. The molecule has 20 heteroatoms. The van der Waals surface area contributed by atoms with Gasteiger partial charge in [-0.15, -0.1) is 0 Å². The second kappa shape index (κ2) is 35.1. The van der Waals surface area contributed by atoms with Crippen LogP contribution in [-0.2, 0) is 76.8 Å². The van der Waals surface area contributed by atoms with Gasteiger partial charge in [-0.2, -0.15) is 0 Å². The number of methoxy groups -OCH3 is 2. The zero-order chi connectivity index (χ0) is 55.0. The van der Waals surface area contributed by atoms with Gasteiger partial charge in [0, 0.05) is 25.7 Å². The van der Waals surface area contributed by atoms with Gasteiger partial charge in [0.25, 0.3) is 0 Å². The minimum atomic E-state index is -0.527. The molecule has 3 aromatic carbocycles. The van der Waals surface area contributed by atoms with Crippen molar-refractivity contribution in [2.45, 2.75) is 122 Å². The number of esters is 3. The molecule has 4 aliphatic rings. The van der Waals surface area contributed by atoms with E-state index in [1.807, 2.05) is 112 Å². The van der Waals surface area contributed by atoms with Crippen molar-refractivity contribution >= 4 is 36.2 Å². The minimum absolute atomic E-state index is 0.0143. The van der Waals surface area contributed by atoms with Crippen molar-refractivity contribution in [3.05, 3.63) is 108 Å². The van der Waals surface area contributed by atoms with Crippen LogP contribution in [0.2, 0.25) is 0 Å². The van der Waals surface area contributed by atoms with Gasteiger partial charge in [-0.05, 0) is 95.4 Å². The fourth-order valence-electron chi connectivity index (χ4n) is 8.40. The summed E-state index contributed by atoms with van der Waals surface area (Å²) in [5.41, 5.74) is 2.35. The van der Waals surface area contributed by atoms with Crippen molar-refractivity contribution in [2.75, 3.05) is 86.6 Å². The largest absolute Gasteiger partial charge is 0.467 e. The molecule has 0 aliphatic carbocycles. The zero-order valence-electron chi connectivity index (χ0n) is 44.9. The molecule has 0 saturated carbocycles. The second-order valence-corrected chi connectivity index (χ2v) is 19.3. The molecule has 0 spiro atoms. The van der Waals surface area contributed by atoms with Gasteiger partial charge in [-0.1, -0.05) is 91.0 Å². The Bertz CT molecular complexity index is 2140. The quantitative estimate of drug-likeness (QED) is 0.0926. The number of benzene rings is 3. The molecule has 4 aliphatic heterocycles. The molecule has 4 heterocycles. The molecule has 420 valence electrons. The molecule has 7 rings (SSSR count). The molecule has 20 nitrogen and oxygen atoms in total. The molecule has 3 aromatic rings. The normalized spacial score (nSPS) is 18.6. The Morgan fingerprint density at radius 1 is 0.513 bits per heavy atom. The third-order valence-corrected chi connectivity index (χ3v) is 12.3. The zero-order valence-corrected chi connectivity index (χ0v) is 44.9. The number of nitrogens with zero attached hydrogens (tertiary/aromatic N) is 3. The maximum absolute atomic E-state index is 12.3. The average Bonchev–Trinajstić information content (AvgIpc) is 4.29. The van der Waals surface area contributed by atoms with Crippen molar-refractivity contribution in [3.8, 4) is 0 Å². The molecular formula is C56H80N4O16. The van der Waals surface area contributed by atoms with Crippen molar-refractivity contribution in [1.29, 1.82) is 0 Å². The fraction of sp³-hybridized carbons (Fsp3) is 0.571. The summed E-state index contributed by atoms with van der Waals surface area (Å²) in [7, 11) is 2.67. The molecule has 0 bridgehead atoms. The molecule has 0 radical (unpaired) electrons. The highest BCUT2D eigenvalue weighted by atomic mass is 16.6. The molecule has 0 aromatic heterocycles. The number of ether oxygens (including phenoxy) is 9. The summed E-state index contributed by atoms with van der Waals surface area (Å²) < 4.78 is 45.9. The van der Waals surface area contributed by atoms with E-state index in [-0.39, 0.29) is 88.6 Å². The number of likely N-dealkylation sites (tertiary alicyclic amines) is 3. The smallest absolute Gasteiger partial charge is 0.410 e. The monoisotopic (exact) mass is 1060 g/mol. The van der Waals surface area contributed by atoms with Gasteiger partial charge in [0.15, 0.2) is 0 Å². The van der Waals surface area contributed by atoms with E-state index in [0.29, 0.717) is 45.5 Å². The topological polar surface area (TPSA) is 227 Å². The van der Waals surface area contributed by atoms with Crippen LogP contribution in [0.4, 0.5) is 14.4 Å². The first-order chi connectivity index (χ1) is 36.7. The Hall–Kier alpha value is -6.32. The van der Waals surface area contributed by atoms with E-state index in [1.165, 1.54) is 20.6 Å². The number of hydrogen-bond acceptors (Lipinski definition) is 17. The first-order valence-corrected chi connectivity index (χ1v) is 26.0. The molecule has 4 saturated heterocycles. The minimum Gasteiger partial charge on any atom is -0.467 e. The predicted molar refractivity (Wildman–Crippen MR) is 280 cm³/mol. The lowest BCUT2D eigenvalue weighted by molar-refractivity contribution is -0.160. The molecule has 3 amide bonds. The van der Waals surface area contributed by atoms with Gasteiger partial charge in [-0.25, -0.2) is 28.8 Å². The number of aliphatic hydroxyl groups is 1. The van der Waals surface area contributed by atoms with E-state index in [9.17, 15) is 28.8 Å². The summed E-state index contributed by atoms with van der Waals surface area (Å²) in [4.78, 5) is 74.4. The third kappa shape index (κ3) is 24.6. The Morgan fingerprint density at radius 3 is 1.24 bits per heavy atom. The van der Waals surface area contributed by atoms with Crippen LogP contribution >= 0.6 is 0 Å². The van der Waals surface area contributed by atoms with E-state index in [1.54, 1.807) is 14.7 Å². The summed E-state index contributed by atoms with van der Waals surface area (Å²) >= 11 is 0. The van der Waals surface area contributed by atoms with E-state index in [2.05, 4.69) is 14.8 Å². The molecular weight excluding hydrogens is 985 g/mol. The highest BCUT2D eigenvalue weighted by Crippen LogP contribution is 2.22. The van der Waals surface area contributed by atoms with Crippen LogP contribution in [0.25, 0.3) is 0 Å². The van der Waals surface area contributed by atoms with Crippen LogP contribution in [0.1, 0.15) is 88.8 Å². The number of aliphatic hydroxyl groups excluding tert-OH is 1. The second-order valence-electron chi connectivity index (χ2n) is 19.3. The fourth-order valence-corrected chi connectivity index (χ4v) is 8.40. The molecule has 4 atom stereocenters. The van der Waals surface area contributed by atoms with Crippen LogP contribution < -0.4 is 5.32 Å². The summed E-state index contributed by atoms with van der Waals surface area (Å²) in [6.45, 7) is 10.4. The molecule has 4 fully saturated rings. The van der Waals surface area contributed by atoms with Crippen molar-refractivity contribution in [3.63, 3.8) is 0 Å². The van der Waals surface area contributed by atoms with Crippen LogP contribution in [0.5, 0.6) is 0 Å². The van der Waals surface area contributed by atoms with E-state index in [4.69, 9.17) is 38.3 Å².